The number of aliphatic carboxylic acids is 1. The Morgan fingerprint density at radius 2 is 2.19 bits per heavy atom. The summed E-state index contributed by atoms with van der Waals surface area (Å²) < 4.78 is 7.81. The summed E-state index contributed by atoms with van der Waals surface area (Å²) in [5, 5.41) is 9.60. The SMILES string of the molecule is CCCOc1cccc2c1nc(SCC(=O)O)n2CCC. The van der Waals surface area contributed by atoms with Gasteiger partial charge < -0.3 is 14.4 Å². The fraction of sp³-hybridized carbons (Fsp3) is 0.467. The lowest BCUT2D eigenvalue weighted by atomic mass is 10.3. The Kier molecular flexibility index (Phi) is 5.50. The molecule has 21 heavy (non-hydrogen) atoms. The van der Waals surface area contributed by atoms with Crippen molar-refractivity contribution in [3.05, 3.63) is 18.2 Å². The number of thioether (sulfide) groups is 1. The Morgan fingerprint density at radius 3 is 2.86 bits per heavy atom. The molecule has 0 saturated heterocycles. The zero-order valence-electron chi connectivity index (χ0n) is 12.3. The summed E-state index contributed by atoms with van der Waals surface area (Å²) in [6, 6.07) is 5.86. The van der Waals surface area contributed by atoms with Crippen LogP contribution >= 0.6 is 11.8 Å². The number of nitrogens with zero attached hydrogens (tertiary/aromatic N) is 2. The van der Waals surface area contributed by atoms with Gasteiger partial charge in [-0.25, -0.2) is 4.98 Å². The van der Waals surface area contributed by atoms with Crippen molar-refractivity contribution >= 4 is 28.8 Å². The molecule has 5 nitrogen and oxygen atoms in total. The van der Waals surface area contributed by atoms with Crippen LogP contribution in [0.3, 0.4) is 0 Å². The first-order valence-electron chi connectivity index (χ1n) is 7.14. The molecule has 0 spiro atoms. The minimum Gasteiger partial charge on any atom is -0.491 e. The van der Waals surface area contributed by atoms with Crippen LogP contribution in [0.5, 0.6) is 5.75 Å². The van der Waals surface area contributed by atoms with Gasteiger partial charge in [0.15, 0.2) is 5.16 Å². The Bertz CT molecular complexity index is 625. The molecular formula is C15H20N2O3S. The van der Waals surface area contributed by atoms with Crippen LogP contribution in [-0.4, -0.2) is 33.0 Å². The predicted molar refractivity (Wildman–Crippen MR) is 84.2 cm³/mol. The number of carboxylic acids is 1. The molecule has 0 fully saturated rings. The first-order chi connectivity index (χ1) is 10.2. The second-order valence-corrected chi connectivity index (χ2v) is 5.64. The molecule has 1 aromatic carbocycles. The summed E-state index contributed by atoms with van der Waals surface area (Å²) in [7, 11) is 0. The monoisotopic (exact) mass is 308 g/mol. The number of fused-ring (bicyclic) bond motifs is 1. The number of imidazole rings is 1. The first-order valence-corrected chi connectivity index (χ1v) is 8.12. The number of rotatable bonds is 8. The molecule has 0 saturated carbocycles. The zero-order valence-corrected chi connectivity index (χ0v) is 13.2. The third-order valence-corrected chi connectivity index (χ3v) is 3.90. The van der Waals surface area contributed by atoms with Crippen molar-refractivity contribution < 1.29 is 14.6 Å². The van der Waals surface area contributed by atoms with Gasteiger partial charge in [-0.1, -0.05) is 31.7 Å². The average molecular weight is 308 g/mol. The van der Waals surface area contributed by atoms with Gasteiger partial charge in [0.25, 0.3) is 0 Å². The normalized spacial score (nSPS) is 11.0. The van der Waals surface area contributed by atoms with Gasteiger partial charge >= 0.3 is 5.97 Å². The number of carbonyl (C=O) groups is 1. The van der Waals surface area contributed by atoms with Gasteiger partial charge in [-0.15, -0.1) is 0 Å². The molecule has 0 aliphatic carbocycles. The maximum Gasteiger partial charge on any atom is 0.313 e. The van der Waals surface area contributed by atoms with Crippen LogP contribution in [0.4, 0.5) is 0 Å². The Labute approximate surface area is 128 Å². The molecule has 0 aliphatic heterocycles. The summed E-state index contributed by atoms with van der Waals surface area (Å²) in [5.41, 5.74) is 1.81. The highest BCUT2D eigenvalue weighted by atomic mass is 32.2. The van der Waals surface area contributed by atoms with Crippen LogP contribution in [0.15, 0.2) is 23.4 Å². The smallest absolute Gasteiger partial charge is 0.313 e. The summed E-state index contributed by atoms with van der Waals surface area (Å²) in [5.74, 6) is -0.0583. The molecule has 0 radical (unpaired) electrons. The molecule has 0 unspecified atom stereocenters. The van der Waals surface area contributed by atoms with Crippen LogP contribution in [0, 0.1) is 0 Å². The number of aromatic nitrogens is 2. The van der Waals surface area contributed by atoms with Gasteiger partial charge in [0.05, 0.1) is 17.9 Å². The van der Waals surface area contributed by atoms with E-state index in [1.54, 1.807) is 0 Å². The standard InChI is InChI=1S/C15H20N2O3S/c1-3-8-17-11-6-5-7-12(20-9-4-2)14(11)16-15(17)21-10-13(18)19/h5-7H,3-4,8-10H2,1-2H3,(H,18,19). The van der Waals surface area contributed by atoms with Crippen molar-refractivity contribution in [1.29, 1.82) is 0 Å². The molecule has 0 atom stereocenters. The van der Waals surface area contributed by atoms with Crippen molar-refractivity contribution in [3.8, 4) is 5.75 Å². The molecule has 1 N–H and O–H groups in total. The maximum absolute atomic E-state index is 10.8. The Balaban J connectivity index is 2.42. The van der Waals surface area contributed by atoms with Crippen LogP contribution in [0.1, 0.15) is 26.7 Å². The van der Waals surface area contributed by atoms with E-state index in [1.807, 2.05) is 18.2 Å². The summed E-state index contributed by atoms with van der Waals surface area (Å²) in [6.07, 6.45) is 1.90. The van der Waals surface area contributed by atoms with Crippen LogP contribution in [-0.2, 0) is 11.3 Å². The molecule has 1 heterocycles. The number of para-hydroxylation sites is 1. The molecule has 114 valence electrons. The molecule has 2 rings (SSSR count). The molecule has 0 amide bonds. The number of hydrogen-bond acceptors (Lipinski definition) is 4. The average Bonchev–Trinajstić information content (AvgIpc) is 2.82. The van der Waals surface area contributed by atoms with E-state index >= 15 is 0 Å². The van der Waals surface area contributed by atoms with E-state index in [0.717, 1.165) is 41.3 Å². The number of hydrogen-bond donors (Lipinski definition) is 1. The minimum atomic E-state index is -0.836. The van der Waals surface area contributed by atoms with E-state index in [-0.39, 0.29) is 5.75 Å². The predicted octanol–water partition coefficient (Wildman–Crippen LogP) is 3.41. The fourth-order valence-corrected chi connectivity index (χ4v) is 2.86. The maximum atomic E-state index is 10.8. The third kappa shape index (κ3) is 3.69. The largest absolute Gasteiger partial charge is 0.491 e. The van der Waals surface area contributed by atoms with Crippen molar-refractivity contribution in [2.75, 3.05) is 12.4 Å². The summed E-state index contributed by atoms with van der Waals surface area (Å²) in [6.45, 7) is 5.62. The van der Waals surface area contributed by atoms with Crippen LogP contribution in [0.25, 0.3) is 11.0 Å². The van der Waals surface area contributed by atoms with Crippen molar-refractivity contribution in [1.82, 2.24) is 9.55 Å². The molecule has 1 aromatic heterocycles. The van der Waals surface area contributed by atoms with Gasteiger partial charge in [-0.2, -0.15) is 0 Å². The zero-order chi connectivity index (χ0) is 15.2. The first kappa shape index (κ1) is 15.7. The van der Waals surface area contributed by atoms with Gasteiger partial charge in [0.2, 0.25) is 0 Å². The van der Waals surface area contributed by atoms with Crippen molar-refractivity contribution in [2.24, 2.45) is 0 Å². The van der Waals surface area contributed by atoms with Gasteiger partial charge in [-0.05, 0) is 25.0 Å². The third-order valence-electron chi connectivity index (χ3n) is 2.94. The highest BCUT2D eigenvalue weighted by Gasteiger charge is 2.15. The number of benzene rings is 1. The quantitative estimate of drug-likeness (QED) is 0.757. The highest BCUT2D eigenvalue weighted by Crippen LogP contribution is 2.30. The molecule has 0 bridgehead atoms. The number of carboxylic acid groups (broad SMARTS) is 1. The second kappa shape index (κ2) is 7.36. The Hall–Kier alpha value is -1.69. The van der Waals surface area contributed by atoms with Gasteiger partial charge in [0, 0.05) is 6.54 Å². The lowest BCUT2D eigenvalue weighted by molar-refractivity contribution is -0.133. The number of aryl methyl sites for hydroxylation is 1. The second-order valence-electron chi connectivity index (χ2n) is 4.70. The topological polar surface area (TPSA) is 64.3 Å². The van der Waals surface area contributed by atoms with E-state index in [1.165, 1.54) is 11.8 Å². The van der Waals surface area contributed by atoms with E-state index in [0.29, 0.717) is 6.61 Å². The summed E-state index contributed by atoms with van der Waals surface area (Å²) >= 11 is 1.25. The van der Waals surface area contributed by atoms with Crippen molar-refractivity contribution in [3.63, 3.8) is 0 Å². The highest BCUT2D eigenvalue weighted by molar-refractivity contribution is 7.99. The summed E-state index contributed by atoms with van der Waals surface area (Å²) in [4.78, 5) is 15.4. The molecular weight excluding hydrogens is 288 g/mol. The van der Waals surface area contributed by atoms with E-state index in [2.05, 4.69) is 23.4 Å². The van der Waals surface area contributed by atoms with E-state index in [9.17, 15) is 4.79 Å². The Morgan fingerprint density at radius 1 is 1.38 bits per heavy atom. The molecule has 0 aliphatic rings. The molecule has 6 heteroatoms. The van der Waals surface area contributed by atoms with Gasteiger partial charge in [0.1, 0.15) is 11.3 Å². The lowest BCUT2D eigenvalue weighted by Crippen LogP contribution is -2.03. The van der Waals surface area contributed by atoms with Gasteiger partial charge in [-0.3, -0.25) is 4.79 Å². The lowest BCUT2D eigenvalue weighted by Gasteiger charge is -2.07. The van der Waals surface area contributed by atoms with E-state index < -0.39 is 5.97 Å². The van der Waals surface area contributed by atoms with Crippen LogP contribution in [0.2, 0.25) is 0 Å². The van der Waals surface area contributed by atoms with Crippen LogP contribution < -0.4 is 4.74 Å². The van der Waals surface area contributed by atoms with E-state index in [4.69, 9.17) is 9.84 Å². The van der Waals surface area contributed by atoms with Crippen molar-refractivity contribution in [2.45, 2.75) is 38.4 Å². The molecule has 2 aromatic rings. The fourth-order valence-electron chi connectivity index (χ4n) is 2.10. The number of ether oxygens (including phenoxy) is 1. The minimum absolute atomic E-state index is 0.0121.